The first-order valence-electron chi connectivity index (χ1n) is 9.64. The molecule has 1 saturated heterocycles. The first-order valence-corrected chi connectivity index (χ1v) is 10.4. The van der Waals surface area contributed by atoms with Crippen LogP contribution in [0.3, 0.4) is 0 Å². The Balaban J connectivity index is 1.47. The maximum atomic E-state index is 12.3. The van der Waals surface area contributed by atoms with Gasteiger partial charge in [-0.15, -0.1) is 0 Å². The van der Waals surface area contributed by atoms with Gasteiger partial charge in [0.15, 0.2) is 0 Å². The summed E-state index contributed by atoms with van der Waals surface area (Å²) in [4.78, 5) is 28.5. The van der Waals surface area contributed by atoms with Crippen LogP contribution in [0.2, 0.25) is 10.0 Å². The number of aliphatic hydroxyl groups is 1. The largest absolute Gasteiger partial charge is 0.394 e. The molecule has 0 bridgehead atoms. The highest BCUT2D eigenvalue weighted by atomic mass is 35.5. The molecule has 1 aromatic carbocycles. The van der Waals surface area contributed by atoms with E-state index in [0.29, 0.717) is 35.0 Å². The van der Waals surface area contributed by atoms with Crippen LogP contribution in [0.15, 0.2) is 42.7 Å². The van der Waals surface area contributed by atoms with Crippen molar-refractivity contribution in [3.8, 4) is 0 Å². The SMILES string of the molecule is O=C(C[C@H]1CC[C@@H](NC(=O)c2cccnc2)[C@@H](CO)O1)NCc1ccc(Cl)c(Cl)c1. The standard InChI is InChI=1S/C21H23Cl2N3O4/c22-16-5-3-13(8-17(16)23)10-25-20(28)9-15-4-6-18(19(12-27)30-15)26-21(29)14-2-1-7-24-11-14/h1-3,5,7-8,11,15,18-19,27H,4,6,9-10,12H2,(H,25,28)(H,26,29)/t15-,18-,19-/m1/s1. The van der Waals surface area contributed by atoms with Crippen LogP contribution in [-0.4, -0.2) is 46.8 Å². The van der Waals surface area contributed by atoms with Crippen molar-refractivity contribution in [2.75, 3.05) is 6.61 Å². The molecule has 0 unspecified atom stereocenters. The van der Waals surface area contributed by atoms with Crippen LogP contribution in [0.5, 0.6) is 0 Å². The molecule has 0 radical (unpaired) electrons. The molecular formula is C21H23Cl2N3O4. The van der Waals surface area contributed by atoms with E-state index in [4.69, 9.17) is 27.9 Å². The third-order valence-corrected chi connectivity index (χ3v) is 5.66. The van der Waals surface area contributed by atoms with Gasteiger partial charge >= 0.3 is 0 Å². The van der Waals surface area contributed by atoms with Crippen molar-refractivity contribution >= 4 is 35.0 Å². The number of amides is 2. The number of nitrogens with zero attached hydrogens (tertiary/aromatic N) is 1. The second kappa shape index (κ2) is 10.7. The summed E-state index contributed by atoms with van der Waals surface area (Å²) < 4.78 is 5.86. The minimum atomic E-state index is -0.577. The molecule has 0 saturated carbocycles. The fourth-order valence-corrected chi connectivity index (χ4v) is 3.65. The lowest BCUT2D eigenvalue weighted by Crippen LogP contribution is -2.51. The maximum absolute atomic E-state index is 12.3. The topological polar surface area (TPSA) is 101 Å². The monoisotopic (exact) mass is 451 g/mol. The molecule has 2 heterocycles. The summed E-state index contributed by atoms with van der Waals surface area (Å²) in [6.45, 7) is 0.0784. The molecule has 9 heteroatoms. The van der Waals surface area contributed by atoms with Crippen molar-refractivity contribution in [3.63, 3.8) is 0 Å². The number of benzene rings is 1. The molecule has 1 aliphatic heterocycles. The van der Waals surface area contributed by atoms with Crippen LogP contribution >= 0.6 is 23.2 Å². The molecule has 2 amide bonds. The number of carbonyl (C=O) groups excluding carboxylic acids is 2. The summed E-state index contributed by atoms with van der Waals surface area (Å²) in [5.41, 5.74) is 1.28. The number of aromatic nitrogens is 1. The molecule has 0 aliphatic carbocycles. The lowest BCUT2D eigenvalue weighted by atomic mass is 9.96. The molecule has 30 heavy (non-hydrogen) atoms. The third-order valence-electron chi connectivity index (χ3n) is 4.92. The van der Waals surface area contributed by atoms with Gasteiger partial charge in [0.2, 0.25) is 5.91 Å². The van der Waals surface area contributed by atoms with Gasteiger partial charge in [-0.3, -0.25) is 14.6 Å². The number of pyridine rings is 1. The zero-order chi connectivity index (χ0) is 21.5. The fraction of sp³-hybridized carbons (Fsp3) is 0.381. The van der Waals surface area contributed by atoms with E-state index in [2.05, 4.69) is 15.6 Å². The van der Waals surface area contributed by atoms with Crippen LogP contribution in [-0.2, 0) is 16.1 Å². The Morgan fingerprint density at radius 3 is 2.73 bits per heavy atom. The molecule has 3 rings (SSSR count). The summed E-state index contributed by atoms with van der Waals surface area (Å²) >= 11 is 11.9. The van der Waals surface area contributed by atoms with Crippen molar-refractivity contribution in [1.82, 2.24) is 15.6 Å². The van der Waals surface area contributed by atoms with Crippen molar-refractivity contribution in [2.24, 2.45) is 0 Å². The van der Waals surface area contributed by atoms with Crippen molar-refractivity contribution in [3.05, 3.63) is 63.9 Å². The molecule has 160 valence electrons. The Morgan fingerprint density at radius 1 is 1.20 bits per heavy atom. The summed E-state index contributed by atoms with van der Waals surface area (Å²) in [6.07, 6.45) is 3.52. The average Bonchev–Trinajstić information content (AvgIpc) is 2.76. The van der Waals surface area contributed by atoms with E-state index in [0.717, 1.165) is 5.56 Å². The van der Waals surface area contributed by atoms with Crippen LogP contribution in [0.4, 0.5) is 0 Å². The Kier molecular flexibility index (Phi) is 8.04. The van der Waals surface area contributed by atoms with Crippen molar-refractivity contribution < 1.29 is 19.4 Å². The number of hydrogen-bond acceptors (Lipinski definition) is 5. The molecule has 7 nitrogen and oxygen atoms in total. The molecule has 3 atom stereocenters. The van der Waals surface area contributed by atoms with E-state index in [1.54, 1.807) is 36.5 Å². The van der Waals surface area contributed by atoms with Crippen molar-refractivity contribution in [1.29, 1.82) is 0 Å². The second-order valence-corrected chi connectivity index (χ2v) is 7.92. The van der Waals surface area contributed by atoms with Gasteiger partial charge in [0.1, 0.15) is 6.10 Å². The van der Waals surface area contributed by atoms with Gasteiger partial charge < -0.3 is 20.5 Å². The van der Waals surface area contributed by atoms with Crippen LogP contribution in [0, 0.1) is 0 Å². The summed E-state index contributed by atoms with van der Waals surface area (Å²) in [7, 11) is 0. The van der Waals surface area contributed by atoms with Gasteiger partial charge in [0, 0.05) is 18.9 Å². The van der Waals surface area contributed by atoms with E-state index < -0.39 is 6.10 Å². The highest BCUT2D eigenvalue weighted by molar-refractivity contribution is 6.42. The molecule has 0 spiro atoms. The van der Waals surface area contributed by atoms with Crippen LogP contribution < -0.4 is 10.6 Å². The number of rotatable bonds is 7. The first kappa shape index (κ1) is 22.5. The summed E-state index contributed by atoms with van der Waals surface area (Å²) in [5.74, 6) is -0.437. The average molecular weight is 452 g/mol. The first-order chi connectivity index (χ1) is 14.5. The third kappa shape index (κ3) is 6.15. The zero-order valence-corrected chi connectivity index (χ0v) is 17.7. The van der Waals surface area contributed by atoms with E-state index in [1.165, 1.54) is 6.20 Å². The zero-order valence-electron chi connectivity index (χ0n) is 16.2. The molecular weight excluding hydrogens is 429 g/mol. The van der Waals surface area contributed by atoms with Gasteiger partial charge in [-0.1, -0.05) is 29.3 Å². The van der Waals surface area contributed by atoms with Gasteiger partial charge in [0.25, 0.3) is 5.91 Å². The number of ether oxygens (including phenoxy) is 1. The van der Waals surface area contributed by atoms with E-state index in [9.17, 15) is 14.7 Å². The van der Waals surface area contributed by atoms with E-state index in [1.807, 2.05) is 0 Å². The number of hydrogen-bond donors (Lipinski definition) is 3. The van der Waals surface area contributed by atoms with Gasteiger partial charge in [-0.05, 0) is 42.7 Å². The number of aliphatic hydroxyl groups excluding tert-OH is 1. The molecule has 1 fully saturated rings. The summed E-state index contributed by atoms with van der Waals surface area (Å²) in [5, 5.41) is 16.3. The Labute approximate surface area is 184 Å². The summed E-state index contributed by atoms with van der Waals surface area (Å²) in [6, 6.07) is 8.20. The predicted molar refractivity (Wildman–Crippen MR) is 113 cm³/mol. The maximum Gasteiger partial charge on any atom is 0.253 e. The second-order valence-electron chi connectivity index (χ2n) is 7.11. The fourth-order valence-electron chi connectivity index (χ4n) is 3.32. The quantitative estimate of drug-likeness (QED) is 0.600. The lowest BCUT2D eigenvalue weighted by molar-refractivity contribution is -0.131. The normalized spacial score (nSPS) is 21.1. The highest BCUT2D eigenvalue weighted by Crippen LogP contribution is 2.24. The van der Waals surface area contributed by atoms with E-state index in [-0.39, 0.29) is 37.0 Å². The Bertz CT molecular complexity index is 882. The van der Waals surface area contributed by atoms with Crippen LogP contribution in [0.25, 0.3) is 0 Å². The smallest absolute Gasteiger partial charge is 0.253 e. The molecule has 1 aromatic heterocycles. The minimum absolute atomic E-state index is 0.166. The van der Waals surface area contributed by atoms with Gasteiger partial charge in [-0.2, -0.15) is 0 Å². The van der Waals surface area contributed by atoms with E-state index >= 15 is 0 Å². The Hall–Kier alpha value is -2.19. The van der Waals surface area contributed by atoms with Gasteiger partial charge in [-0.25, -0.2) is 0 Å². The van der Waals surface area contributed by atoms with Crippen molar-refractivity contribution in [2.45, 2.75) is 44.1 Å². The lowest BCUT2D eigenvalue weighted by Gasteiger charge is -2.36. The number of nitrogens with one attached hydrogen (secondary N) is 2. The van der Waals surface area contributed by atoms with Gasteiger partial charge in [0.05, 0.1) is 40.8 Å². The predicted octanol–water partition coefficient (Wildman–Crippen LogP) is 2.73. The molecule has 1 aliphatic rings. The molecule has 2 aromatic rings. The number of halogens is 2. The van der Waals surface area contributed by atoms with Crippen LogP contribution in [0.1, 0.15) is 35.2 Å². The highest BCUT2D eigenvalue weighted by Gasteiger charge is 2.33. The minimum Gasteiger partial charge on any atom is -0.394 e. The molecule has 3 N–H and O–H groups in total. The number of carbonyl (C=O) groups is 2. The Morgan fingerprint density at radius 2 is 2.03 bits per heavy atom.